The first-order valence-electron chi connectivity index (χ1n) is 4.34. The van der Waals surface area contributed by atoms with Gasteiger partial charge in [0.15, 0.2) is 0 Å². The van der Waals surface area contributed by atoms with Gasteiger partial charge in [0.1, 0.15) is 0 Å². The Morgan fingerprint density at radius 3 is 2.27 bits per heavy atom. The molecule has 0 aromatic heterocycles. The quantitative estimate of drug-likeness (QED) is 0.645. The molecule has 1 N–H and O–H groups in total. The van der Waals surface area contributed by atoms with Gasteiger partial charge in [-0.15, -0.1) is 11.8 Å². The average molecular weight is 175 g/mol. The lowest BCUT2D eigenvalue weighted by atomic mass is 10.0. The van der Waals surface area contributed by atoms with Crippen LogP contribution in [0.15, 0.2) is 0 Å². The van der Waals surface area contributed by atoms with Crippen LogP contribution in [0.3, 0.4) is 0 Å². The van der Waals surface area contributed by atoms with Gasteiger partial charge >= 0.3 is 0 Å². The first kappa shape index (κ1) is 11.3. The minimum Gasteiger partial charge on any atom is -0.303 e. The second-order valence-electron chi connectivity index (χ2n) is 3.77. The lowest BCUT2D eigenvalue weighted by molar-refractivity contribution is 0.404. The zero-order chi connectivity index (χ0) is 8.91. The van der Waals surface area contributed by atoms with E-state index in [9.17, 15) is 0 Å². The SMILES string of the molecule is CCC(C)(C)NCSC(C)C. The van der Waals surface area contributed by atoms with Crippen molar-refractivity contribution in [2.45, 2.75) is 51.8 Å². The van der Waals surface area contributed by atoms with E-state index in [1.807, 2.05) is 11.8 Å². The maximum absolute atomic E-state index is 3.50. The van der Waals surface area contributed by atoms with Crippen LogP contribution < -0.4 is 5.32 Å². The molecule has 0 aromatic rings. The highest BCUT2D eigenvalue weighted by molar-refractivity contribution is 7.99. The molecule has 0 spiro atoms. The molecule has 0 bridgehead atoms. The van der Waals surface area contributed by atoms with Crippen LogP contribution in [-0.4, -0.2) is 16.7 Å². The van der Waals surface area contributed by atoms with Gasteiger partial charge in [0.25, 0.3) is 0 Å². The molecule has 0 atom stereocenters. The van der Waals surface area contributed by atoms with Crippen LogP contribution in [0, 0.1) is 0 Å². The molecule has 0 aliphatic heterocycles. The lowest BCUT2D eigenvalue weighted by Crippen LogP contribution is -2.38. The number of thioether (sulfide) groups is 1. The molecule has 0 aliphatic carbocycles. The topological polar surface area (TPSA) is 12.0 Å². The molecule has 0 aliphatic rings. The van der Waals surface area contributed by atoms with Crippen molar-refractivity contribution in [2.75, 3.05) is 5.88 Å². The van der Waals surface area contributed by atoms with E-state index in [1.165, 1.54) is 6.42 Å². The Morgan fingerprint density at radius 1 is 1.36 bits per heavy atom. The third kappa shape index (κ3) is 6.70. The molecular formula is C9H21NS. The highest BCUT2D eigenvalue weighted by atomic mass is 32.2. The van der Waals surface area contributed by atoms with Gasteiger partial charge in [0, 0.05) is 16.7 Å². The van der Waals surface area contributed by atoms with Gasteiger partial charge in [0.2, 0.25) is 0 Å². The van der Waals surface area contributed by atoms with Crippen LogP contribution >= 0.6 is 11.8 Å². The van der Waals surface area contributed by atoms with E-state index in [4.69, 9.17) is 0 Å². The van der Waals surface area contributed by atoms with Crippen molar-refractivity contribution < 1.29 is 0 Å². The first-order chi connectivity index (χ1) is 4.98. The fourth-order valence-electron chi connectivity index (χ4n) is 0.529. The van der Waals surface area contributed by atoms with Crippen LogP contribution in [0.25, 0.3) is 0 Å². The molecule has 0 fully saturated rings. The molecule has 0 heterocycles. The molecule has 0 aromatic carbocycles. The monoisotopic (exact) mass is 175 g/mol. The van der Waals surface area contributed by atoms with Crippen LogP contribution in [0.2, 0.25) is 0 Å². The average Bonchev–Trinajstić information content (AvgIpc) is 1.87. The Labute approximate surface area is 75.3 Å². The van der Waals surface area contributed by atoms with Crippen molar-refractivity contribution in [2.24, 2.45) is 0 Å². The molecule has 0 amide bonds. The van der Waals surface area contributed by atoms with E-state index in [0.717, 1.165) is 11.1 Å². The third-order valence-corrected chi connectivity index (χ3v) is 2.83. The molecule has 11 heavy (non-hydrogen) atoms. The second-order valence-corrected chi connectivity index (χ2v) is 5.34. The van der Waals surface area contributed by atoms with Crippen LogP contribution in [0.4, 0.5) is 0 Å². The van der Waals surface area contributed by atoms with Crippen LogP contribution in [0.1, 0.15) is 41.0 Å². The van der Waals surface area contributed by atoms with Crippen molar-refractivity contribution in [3.05, 3.63) is 0 Å². The third-order valence-electron chi connectivity index (χ3n) is 1.85. The molecule has 1 nitrogen and oxygen atoms in total. The lowest BCUT2D eigenvalue weighted by Gasteiger charge is -2.24. The minimum absolute atomic E-state index is 0.307. The van der Waals surface area contributed by atoms with Crippen molar-refractivity contribution >= 4 is 11.8 Å². The zero-order valence-corrected chi connectivity index (χ0v) is 9.22. The minimum atomic E-state index is 0.307. The summed E-state index contributed by atoms with van der Waals surface area (Å²) in [6.45, 7) is 11.2. The van der Waals surface area contributed by atoms with E-state index in [0.29, 0.717) is 5.54 Å². The summed E-state index contributed by atoms with van der Waals surface area (Å²) in [7, 11) is 0. The number of hydrogen-bond acceptors (Lipinski definition) is 2. The van der Waals surface area contributed by atoms with Gasteiger partial charge in [-0.3, -0.25) is 0 Å². The summed E-state index contributed by atoms with van der Waals surface area (Å²) in [5.41, 5.74) is 0.307. The maximum atomic E-state index is 3.50. The Hall–Kier alpha value is 0.310. The van der Waals surface area contributed by atoms with Crippen LogP contribution in [0.5, 0.6) is 0 Å². The molecule has 0 saturated carbocycles. The van der Waals surface area contributed by atoms with E-state index < -0.39 is 0 Å². The maximum Gasteiger partial charge on any atom is 0.0424 e. The van der Waals surface area contributed by atoms with Gasteiger partial charge in [-0.1, -0.05) is 20.8 Å². The predicted molar refractivity (Wildman–Crippen MR) is 55.1 cm³/mol. The summed E-state index contributed by atoms with van der Waals surface area (Å²) in [4.78, 5) is 0. The molecule has 0 unspecified atom stereocenters. The van der Waals surface area contributed by atoms with Gasteiger partial charge in [-0.25, -0.2) is 0 Å². The molecule has 2 heteroatoms. The van der Waals surface area contributed by atoms with Gasteiger partial charge in [0.05, 0.1) is 0 Å². The largest absolute Gasteiger partial charge is 0.303 e. The highest BCUT2D eigenvalue weighted by Crippen LogP contribution is 2.11. The fraction of sp³-hybridized carbons (Fsp3) is 1.00. The van der Waals surface area contributed by atoms with Gasteiger partial charge in [-0.05, 0) is 20.3 Å². The predicted octanol–water partition coefficient (Wildman–Crippen LogP) is 2.86. The first-order valence-corrected chi connectivity index (χ1v) is 5.39. The number of hydrogen-bond donors (Lipinski definition) is 1. The van der Waals surface area contributed by atoms with Gasteiger partial charge in [-0.2, -0.15) is 0 Å². The summed E-state index contributed by atoms with van der Waals surface area (Å²) in [5.74, 6) is 1.07. The van der Waals surface area contributed by atoms with E-state index >= 15 is 0 Å². The van der Waals surface area contributed by atoms with E-state index in [-0.39, 0.29) is 0 Å². The summed E-state index contributed by atoms with van der Waals surface area (Å²) >= 11 is 1.96. The van der Waals surface area contributed by atoms with Crippen molar-refractivity contribution in [3.8, 4) is 0 Å². The molecule has 0 rings (SSSR count). The number of rotatable bonds is 5. The van der Waals surface area contributed by atoms with Gasteiger partial charge < -0.3 is 5.32 Å². The Balaban J connectivity index is 3.38. The Kier molecular flexibility index (Phi) is 5.19. The zero-order valence-electron chi connectivity index (χ0n) is 8.40. The molecular weight excluding hydrogens is 154 g/mol. The van der Waals surface area contributed by atoms with E-state index in [1.54, 1.807) is 0 Å². The smallest absolute Gasteiger partial charge is 0.0424 e. The molecule has 68 valence electrons. The Morgan fingerprint density at radius 2 is 1.91 bits per heavy atom. The highest BCUT2D eigenvalue weighted by Gasteiger charge is 2.12. The summed E-state index contributed by atoms with van der Waals surface area (Å²) < 4.78 is 0. The fourth-order valence-corrected chi connectivity index (χ4v) is 1.34. The number of nitrogens with one attached hydrogen (secondary N) is 1. The molecule has 0 saturated heterocycles. The standard InChI is InChI=1S/C9H21NS/c1-6-9(4,5)10-7-11-8(2)3/h8,10H,6-7H2,1-5H3. The van der Waals surface area contributed by atoms with Crippen molar-refractivity contribution in [1.29, 1.82) is 0 Å². The van der Waals surface area contributed by atoms with Crippen molar-refractivity contribution in [1.82, 2.24) is 5.32 Å². The summed E-state index contributed by atoms with van der Waals surface area (Å²) in [6, 6.07) is 0. The summed E-state index contributed by atoms with van der Waals surface area (Å²) in [5, 5.41) is 4.23. The normalized spacial score (nSPS) is 12.5. The van der Waals surface area contributed by atoms with E-state index in [2.05, 4.69) is 39.9 Å². The summed E-state index contributed by atoms with van der Waals surface area (Å²) in [6.07, 6.45) is 1.19. The van der Waals surface area contributed by atoms with Crippen molar-refractivity contribution in [3.63, 3.8) is 0 Å². The molecule has 0 radical (unpaired) electrons. The Bertz CT molecular complexity index is 99.7. The second kappa shape index (κ2) is 5.04. The van der Waals surface area contributed by atoms with Crippen LogP contribution in [-0.2, 0) is 0 Å².